The number of hydrogen-bond donors (Lipinski definition) is 2. The van der Waals surface area contributed by atoms with E-state index in [1.165, 1.54) is 26.5 Å². The van der Waals surface area contributed by atoms with Gasteiger partial charge in [-0.1, -0.05) is 12.1 Å². The number of carbonyl (C=O) groups is 3. The molecule has 0 aliphatic heterocycles. The Labute approximate surface area is 215 Å². The molecule has 0 atom stereocenters. The molecule has 0 aliphatic carbocycles. The number of methoxy groups -OCH3 is 2. The molecule has 3 aromatic carbocycles. The number of rotatable bonds is 9. The van der Waals surface area contributed by atoms with Gasteiger partial charge in [-0.3, -0.25) is 9.59 Å². The standard InChI is InChI=1S/C25H22IN3O6/c1-33-21-12-9-17(13-22(21)34-2)24(31)27-15-23(30)29-28-14-16-7-10-18(11-8-16)35-25(32)19-5-3-4-6-20(19)26/h3-14H,15H2,1-2H3,(H,27,31)(H,29,30)/b28-14-. The average molecular weight is 587 g/mol. The molecule has 0 fully saturated rings. The van der Waals surface area contributed by atoms with E-state index in [4.69, 9.17) is 14.2 Å². The van der Waals surface area contributed by atoms with E-state index in [1.54, 1.807) is 48.5 Å². The maximum atomic E-state index is 12.3. The summed E-state index contributed by atoms with van der Waals surface area (Å²) in [6.07, 6.45) is 1.43. The molecule has 0 aromatic heterocycles. The van der Waals surface area contributed by atoms with Gasteiger partial charge in [0.2, 0.25) is 0 Å². The van der Waals surface area contributed by atoms with E-state index >= 15 is 0 Å². The van der Waals surface area contributed by atoms with Gasteiger partial charge in [0.05, 0.1) is 32.5 Å². The number of halogens is 1. The smallest absolute Gasteiger partial charge is 0.344 e. The first-order chi connectivity index (χ1) is 16.9. The topological polar surface area (TPSA) is 115 Å². The molecule has 35 heavy (non-hydrogen) atoms. The first-order valence-corrected chi connectivity index (χ1v) is 11.4. The van der Waals surface area contributed by atoms with Crippen LogP contribution in [0.1, 0.15) is 26.3 Å². The number of hydrogen-bond acceptors (Lipinski definition) is 7. The van der Waals surface area contributed by atoms with Crippen molar-refractivity contribution in [2.45, 2.75) is 0 Å². The second-order valence-corrected chi connectivity index (χ2v) is 8.15. The maximum Gasteiger partial charge on any atom is 0.344 e. The molecule has 0 unspecified atom stereocenters. The molecule has 3 aromatic rings. The number of nitrogens with zero attached hydrogens (tertiary/aromatic N) is 1. The van der Waals surface area contributed by atoms with Gasteiger partial charge in [0, 0.05) is 9.13 Å². The molecular formula is C25H22IN3O6. The SMILES string of the molecule is COc1ccc(C(=O)NCC(=O)N/N=C\c2ccc(OC(=O)c3ccccc3I)cc2)cc1OC. The number of carbonyl (C=O) groups excluding carboxylic acids is 3. The van der Waals surface area contributed by atoms with Crippen molar-refractivity contribution in [3.05, 3.63) is 87.0 Å². The van der Waals surface area contributed by atoms with Crippen LogP contribution in [0, 0.1) is 3.57 Å². The number of ether oxygens (including phenoxy) is 3. The molecule has 0 aliphatic rings. The van der Waals surface area contributed by atoms with Crippen LogP contribution in [-0.4, -0.2) is 44.8 Å². The number of amides is 2. The summed E-state index contributed by atoms with van der Waals surface area (Å²) in [5.74, 6) is -0.107. The zero-order chi connectivity index (χ0) is 25.2. The molecule has 0 bridgehead atoms. The lowest BCUT2D eigenvalue weighted by atomic mass is 10.2. The molecule has 2 amide bonds. The Morgan fingerprint density at radius 1 is 0.943 bits per heavy atom. The first-order valence-electron chi connectivity index (χ1n) is 10.3. The van der Waals surface area contributed by atoms with Crippen LogP contribution in [-0.2, 0) is 4.79 Å². The molecule has 180 valence electrons. The summed E-state index contributed by atoms with van der Waals surface area (Å²) in [6.45, 7) is -0.266. The second-order valence-electron chi connectivity index (χ2n) is 6.98. The van der Waals surface area contributed by atoms with Crippen molar-refractivity contribution in [1.29, 1.82) is 0 Å². The first kappa shape index (κ1) is 25.7. The summed E-state index contributed by atoms with van der Waals surface area (Å²) < 4.78 is 16.5. The number of hydrazone groups is 1. The van der Waals surface area contributed by atoms with Gasteiger partial charge in [0.1, 0.15) is 5.75 Å². The number of benzene rings is 3. The third kappa shape index (κ3) is 7.27. The fraction of sp³-hybridized carbons (Fsp3) is 0.120. The van der Waals surface area contributed by atoms with E-state index in [2.05, 4.69) is 38.4 Å². The normalized spacial score (nSPS) is 10.5. The Bertz CT molecular complexity index is 1240. The summed E-state index contributed by atoms with van der Waals surface area (Å²) in [5, 5.41) is 6.38. The third-order valence-electron chi connectivity index (χ3n) is 4.64. The predicted octanol–water partition coefficient (Wildman–Crippen LogP) is 3.41. The van der Waals surface area contributed by atoms with Crippen LogP contribution in [0.25, 0.3) is 0 Å². The van der Waals surface area contributed by atoms with Gasteiger partial charge in [-0.2, -0.15) is 5.10 Å². The van der Waals surface area contributed by atoms with Crippen LogP contribution in [0.5, 0.6) is 17.2 Å². The minimum Gasteiger partial charge on any atom is -0.493 e. The van der Waals surface area contributed by atoms with Crippen molar-refractivity contribution in [3.8, 4) is 17.2 Å². The molecule has 10 heteroatoms. The fourth-order valence-corrected chi connectivity index (χ4v) is 3.48. The van der Waals surface area contributed by atoms with E-state index in [9.17, 15) is 14.4 Å². The molecule has 0 spiro atoms. The third-order valence-corrected chi connectivity index (χ3v) is 5.58. The second kappa shape index (κ2) is 12.5. The van der Waals surface area contributed by atoms with E-state index < -0.39 is 17.8 Å². The molecule has 0 radical (unpaired) electrons. The maximum absolute atomic E-state index is 12.3. The van der Waals surface area contributed by atoms with Gasteiger partial charge < -0.3 is 19.5 Å². The van der Waals surface area contributed by atoms with Crippen molar-refractivity contribution in [1.82, 2.24) is 10.7 Å². The van der Waals surface area contributed by atoms with Crippen molar-refractivity contribution >= 4 is 46.6 Å². The van der Waals surface area contributed by atoms with Crippen molar-refractivity contribution in [2.75, 3.05) is 20.8 Å². The Kier molecular flexibility index (Phi) is 9.18. The summed E-state index contributed by atoms with van der Waals surface area (Å²) >= 11 is 2.08. The van der Waals surface area contributed by atoms with Crippen LogP contribution < -0.4 is 25.0 Å². The molecule has 9 nitrogen and oxygen atoms in total. The molecule has 2 N–H and O–H groups in total. The lowest BCUT2D eigenvalue weighted by Crippen LogP contribution is -2.34. The summed E-state index contributed by atoms with van der Waals surface area (Å²) in [6, 6.07) is 18.5. The van der Waals surface area contributed by atoms with E-state index in [1.807, 2.05) is 12.1 Å². The zero-order valence-corrected chi connectivity index (χ0v) is 21.1. The van der Waals surface area contributed by atoms with E-state index in [0.717, 1.165) is 3.57 Å². The Morgan fingerprint density at radius 2 is 1.66 bits per heavy atom. The average Bonchev–Trinajstić information content (AvgIpc) is 2.88. The van der Waals surface area contributed by atoms with Gasteiger partial charge in [-0.15, -0.1) is 0 Å². The lowest BCUT2D eigenvalue weighted by molar-refractivity contribution is -0.120. The number of esters is 1. The highest BCUT2D eigenvalue weighted by atomic mass is 127. The van der Waals surface area contributed by atoms with Crippen LogP contribution >= 0.6 is 22.6 Å². The zero-order valence-electron chi connectivity index (χ0n) is 18.9. The van der Waals surface area contributed by atoms with Gasteiger partial charge in [-0.25, -0.2) is 10.2 Å². The Balaban J connectivity index is 1.47. The molecule has 0 saturated carbocycles. The Morgan fingerprint density at radius 3 is 2.34 bits per heavy atom. The van der Waals surface area contributed by atoms with Gasteiger partial charge in [-0.05, 0) is 82.8 Å². The lowest BCUT2D eigenvalue weighted by Gasteiger charge is -2.09. The van der Waals surface area contributed by atoms with Gasteiger partial charge in [0.15, 0.2) is 11.5 Å². The highest BCUT2D eigenvalue weighted by Crippen LogP contribution is 2.27. The minimum atomic E-state index is -0.502. The highest BCUT2D eigenvalue weighted by molar-refractivity contribution is 14.1. The monoisotopic (exact) mass is 587 g/mol. The van der Waals surface area contributed by atoms with Crippen LogP contribution in [0.15, 0.2) is 71.8 Å². The molecule has 0 saturated heterocycles. The summed E-state index contributed by atoms with van der Waals surface area (Å²) in [5.41, 5.74) is 3.82. The minimum absolute atomic E-state index is 0.266. The number of nitrogens with one attached hydrogen (secondary N) is 2. The fourth-order valence-electron chi connectivity index (χ4n) is 2.87. The van der Waals surface area contributed by atoms with Crippen molar-refractivity contribution < 1.29 is 28.6 Å². The van der Waals surface area contributed by atoms with Crippen LogP contribution in [0.4, 0.5) is 0 Å². The predicted molar refractivity (Wildman–Crippen MR) is 138 cm³/mol. The van der Waals surface area contributed by atoms with Gasteiger partial charge >= 0.3 is 5.97 Å². The highest BCUT2D eigenvalue weighted by Gasteiger charge is 2.13. The van der Waals surface area contributed by atoms with Gasteiger partial charge in [0.25, 0.3) is 11.8 Å². The van der Waals surface area contributed by atoms with E-state index in [-0.39, 0.29) is 6.54 Å². The Hall–Kier alpha value is -3.93. The molecule has 3 rings (SSSR count). The summed E-state index contributed by atoms with van der Waals surface area (Å²) in [7, 11) is 2.97. The van der Waals surface area contributed by atoms with Crippen molar-refractivity contribution in [3.63, 3.8) is 0 Å². The van der Waals surface area contributed by atoms with Crippen molar-refractivity contribution in [2.24, 2.45) is 5.10 Å². The quantitative estimate of drug-likeness (QED) is 0.130. The molecular weight excluding hydrogens is 565 g/mol. The van der Waals surface area contributed by atoms with Crippen LogP contribution in [0.3, 0.4) is 0 Å². The summed E-state index contributed by atoms with van der Waals surface area (Å²) in [4.78, 5) is 36.5. The van der Waals surface area contributed by atoms with E-state index in [0.29, 0.717) is 33.9 Å². The largest absolute Gasteiger partial charge is 0.493 e. The molecule has 0 heterocycles. The van der Waals surface area contributed by atoms with Crippen LogP contribution in [0.2, 0.25) is 0 Å².